The molecule has 2 unspecified atom stereocenters. The van der Waals surface area contributed by atoms with E-state index >= 15 is 0 Å². The predicted molar refractivity (Wildman–Crippen MR) is 43.5 cm³/mol. The van der Waals surface area contributed by atoms with Gasteiger partial charge in [0.15, 0.2) is 0 Å². The van der Waals surface area contributed by atoms with Gasteiger partial charge in [-0.3, -0.25) is 0 Å². The van der Waals surface area contributed by atoms with Crippen LogP contribution in [0, 0.1) is 0 Å². The fraction of sp³-hybridized carbons (Fsp3) is 0.571. The second kappa shape index (κ2) is 2.89. The first-order chi connectivity index (χ1) is 5.38. The number of nitrogens with zero attached hydrogens (tertiary/aromatic N) is 1. The minimum absolute atomic E-state index is 0.0706. The van der Waals surface area contributed by atoms with Gasteiger partial charge in [-0.05, 0) is 13.0 Å². The van der Waals surface area contributed by atoms with Crippen LogP contribution in [0.2, 0.25) is 0 Å². The van der Waals surface area contributed by atoms with Gasteiger partial charge in [-0.1, -0.05) is 0 Å². The molecule has 60 valence electrons. The highest BCUT2D eigenvalue weighted by molar-refractivity contribution is 7.07. The summed E-state index contributed by atoms with van der Waals surface area (Å²) in [4.78, 5) is 4.14. The number of aromatic nitrogens is 1. The standard InChI is InChI=1S/C7H10N2OS/c10-6-1-2-8-7(6)5-3-11-4-9-5/h3-4,6-8,10H,1-2H2. The molecule has 0 spiro atoms. The van der Waals surface area contributed by atoms with Crippen LogP contribution in [0.15, 0.2) is 10.9 Å². The van der Waals surface area contributed by atoms with Crippen LogP contribution in [0.25, 0.3) is 0 Å². The van der Waals surface area contributed by atoms with Gasteiger partial charge >= 0.3 is 0 Å². The molecule has 3 nitrogen and oxygen atoms in total. The van der Waals surface area contributed by atoms with E-state index in [1.54, 1.807) is 16.8 Å². The first-order valence-corrected chi connectivity index (χ1v) is 4.62. The van der Waals surface area contributed by atoms with Crippen molar-refractivity contribution in [2.75, 3.05) is 6.54 Å². The monoisotopic (exact) mass is 170 g/mol. The Kier molecular flexibility index (Phi) is 1.89. The van der Waals surface area contributed by atoms with Gasteiger partial charge in [0, 0.05) is 5.38 Å². The molecule has 11 heavy (non-hydrogen) atoms. The van der Waals surface area contributed by atoms with Crippen LogP contribution in [0.1, 0.15) is 18.2 Å². The van der Waals surface area contributed by atoms with E-state index in [0.717, 1.165) is 18.7 Å². The highest BCUT2D eigenvalue weighted by atomic mass is 32.1. The zero-order chi connectivity index (χ0) is 7.68. The van der Waals surface area contributed by atoms with Crippen LogP contribution in [0.3, 0.4) is 0 Å². The van der Waals surface area contributed by atoms with E-state index in [4.69, 9.17) is 0 Å². The molecule has 1 aromatic rings. The summed E-state index contributed by atoms with van der Waals surface area (Å²) in [5, 5.41) is 14.6. The molecule has 1 aliphatic heterocycles. The molecule has 4 heteroatoms. The van der Waals surface area contributed by atoms with Gasteiger partial charge in [-0.15, -0.1) is 11.3 Å². The fourth-order valence-corrected chi connectivity index (χ4v) is 1.96. The maximum atomic E-state index is 9.46. The minimum atomic E-state index is -0.253. The Morgan fingerprint density at radius 3 is 3.18 bits per heavy atom. The first kappa shape index (κ1) is 7.21. The highest BCUT2D eigenvalue weighted by Gasteiger charge is 2.27. The Bertz CT molecular complexity index is 224. The Balaban J connectivity index is 2.16. The molecule has 0 aromatic carbocycles. The lowest BCUT2D eigenvalue weighted by molar-refractivity contribution is 0.158. The molecule has 2 atom stereocenters. The molecular formula is C7H10N2OS. The van der Waals surface area contributed by atoms with Crippen LogP contribution in [-0.2, 0) is 0 Å². The number of aliphatic hydroxyl groups is 1. The highest BCUT2D eigenvalue weighted by Crippen LogP contribution is 2.22. The van der Waals surface area contributed by atoms with Crippen molar-refractivity contribution >= 4 is 11.3 Å². The zero-order valence-electron chi connectivity index (χ0n) is 6.03. The average Bonchev–Trinajstić information content (AvgIpc) is 2.55. The number of hydrogen-bond acceptors (Lipinski definition) is 4. The summed E-state index contributed by atoms with van der Waals surface area (Å²) in [5.41, 5.74) is 2.77. The smallest absolute Gasteiger partial charge is 0.0795 e. The minimum Gasteiger partial charge on any atom is -0.391 e. The second-order valence-corrected chi connectivity index (χ2v) is 3.42. The van der Waals surface area contributed by atoms with E-state index in [-0.39, 0.29) is 12.1 Å². The van der Waals surface area contributed by atoms with Crippen molar-refractivity contribution in [3.05, 3.63) is 16.6 Å². The Hall–Kier alpha value is -0.450. The van der Waals surface area contributed by atoms with Gasteiger partial charge in [0.25, 0.3) is 0 Å². The van der Waals surface area contributed by atoms with Crippen LogP contribution in [0.5, 0.6) is 0 Å². The van der Waals surface area contributed by atoms with E-state index < -0.39 is 0 Å². The molecule has 2 heterocycles. The van der Waals surface area contributed by atoms with Gasteiger partial charge in [0.05, 0.1) is 23.4 Å². The van der Waals surface area contributed by atoms with Gasteiger partial charge in [0.2, 0.25) is 0 Å². The van der Waals surface area contributed by atoms with Gasteiger partial charge in [-0.25, -0.2) is 4.98 Å². The predicted octanol–water partition coefficient (Wildman–Crippen LogP) is 0.538. The van der Waals surface area contributed by atoms with Crippen molar-refractivity contribution in [1.82, 2.24) is 10.3 Å². The van der Waals surface area contributed by atoms with Crippen molar-refractivity contribution in [1.29, 1.82) is 0 Å². The van der Waals surface area contributed by atoms with E-state index in [1.807, 2.05) is 5.38 Å². The van der Waals surface area contributed by atoms with E-state index in [2.05, 4.69) is 10.3 Å². The van der Waals surface area contributed by atoms with Crippen LogP contribution >= 0.6 is 11.3 Å². The maximum absolute atomic E-state index is 9.46. The van der Waals surface area contributed by atoms with Crippen molar-refractivity contribution < 1.29 is 5.11 Å². The summed E-state index contributed by atoms with van der Waals surface area (Å²) in [7, 11) is 0. The van der Waals surface area contributed by atoms with Crippen molar-refractivity contribution in [3.63, 3.8) is 0 Å². The molecule has 0 bridgehead atoms. The lowest BCUT2D eigenvalue weighted by Crippen LogP contribution is -2.20. The largest absolute Gasteiger partial charge is 0.391 e. The molecule has 0 aliphatic carbocycles. The van der Waals surface area contributed by atoms with E-state index in [9.17, 15) is 5.11 Å². The van der Waals surface area contributed by atoms with E-state index in [1.165, 1.54) is 0 Å². The summed E-state index contributed by atoms with van der Waals surface area (Å²) in [6.07, 6.45) is 0.583. The SMILES string of the molecule is OC1CCNC1c1cscn1. The molecule has 0 saturated carbocycles. The van der Waals surface area contributed by atoms with E-state index in [0.29, 0.717) is 0 Å². The summed E-state index contributed by atoms with van der Waals surface area (Å²) in [5.74, 6) is 0. The number of hydrogen-bond donors (Lipinski definition) is 2. The van der Waals surface area contributed by atoms with Crippen molar-refractivity contribution in [2.24, 2.45) is 0 Å². The average molecular weight is 170 g/mol. The molecule has 2 N–H and O–H groups in total. The van der Waals surface area contributed by atoms with Gasteiger partial charge < -0.3 is 10.4 Å². The summed E-state index contributed by atoms with van der Waals surface area (Å²) in [6.45, 7) is 0.892. The molecule has 1 aromatic heterocycles. The lowest BCUT2D eigenvalue weighted by Gasteiger charge is -2.10. The summed E-state index contributed by atoms with van der Waals surface area (Å²) >= 11 is 1.57. The quantitative estimate of drug-likeness (QED) is 0.646. The number of nitrogens with one attached hydrogen (secondary N) is 1. The zero-order valence-corrected chi connectivity index (χ0v) is 6.84. The lowest BCUT2D eigenvalue weighted by atomic mass is 10.1. The van der Waals surface area contributed by atoms with Gasteiger partial charge in [-0.2, -0.15) is 0 Å². The Labute approximate surface area is 69.1 Å². The third-order valence-electron chi connectivity index (χ3n) is 1.96. The third-order valence-corrected chi connectivity index (χ3v) is 2.56. The molecule has 1 fully saturated rings. The van der Waals surface area contributed by atoms with Crippen LogP contribution in [-0.4, -0.2) is 22.7 Å². The molecular weight excluding hydrogens is 160 g/mol. The molecule has 1 aliphatic rings. The number of thiazole rings is 1. The van der Waals surface area contributed by atoms with Crippen molar-refractivity contribution in [2.45, 2.75) is 18.6 Å². The second-order valence-electron chi connectivity index (χ2n) is 2.70. The number of aliphatic hydroxyl groups excluding tert-OH is 1. The Morgan fingerprint density at radius 1 is 1.73 bits per heavy atom. The van der Waals surface area contributed by atoms with Crippen LogP contribution in [0.4, 0.5) is 0 Å². The molecule has 0 radical (unpaired) electrons. The first-order valence-electron chi connectivity index (χ1n) is 3.67. The summed E-state index contributed by atoms with van der Waals surface area (Å²) < 4.78 is 0. The molecule has 2 rings (SSSR count). The summed E-state index contributed by atoms with van der Waals surface area (Å²) in [6, 6.07) is 0.0706. The number of rotatable bonds is 1. The fourth-order valence-electron chi connectivity index (χ4n) is 1.37. The van der Waals surface area contributed by atoms with Gasteiger partial charge in [0.1, 0.15) is 0 Å². The maximum Gasteiger partial charge on any atom is 0.0795 e. The topological polar surface area (TPSA) is 45.1 Å². The normalized spacial score (nSPS) is 31.0. The third kappa shape index (κ3) is 1.29. The molecule has 0 amide bonds. The Morgan fingerprint density at radius 2 is 2.64 bits per heavy atom. The van der Waals surface area contributed by atoms with Crippen molar-refractivity contribution in [3.8, 4) is 0 Å². The molecule has 1 saturated heterocycles. The van der Waals surface area contributed by atoms with Crippen LogP contribution < -0.4 is 5.32 Å².